The monoisotopic (exact) mass is 658 g/mol. The van der Waals surface area contributed by atoms with Gasteiger partial charge in [-0.3, -0.25) is 0 Å². The number of fused-ring (bicyclic) bond motifs is 2. The van der Waals surface area contributed by atoms with Crippen LogP contribution in [0.15, 0.2) is 181 Å². The van der Waals surface area contributed by atoms with Crippen molar-refractivity contribution in [3.8, 4) is 0 Å². The largest absolute Gasteiger partial charge is 0.0622 e. The zero-order valence-electron chi connectivity index (χ0n) is 26.8. The van der Waals surface area contributed by atoms with Gasteiger partial charge in [-0.25, -0.2) is 0 Å². The molecule has 0 bridgehead atoms. The predicted molar refractivity (Wildman–Crippen MR) is 199 cm³/mol. The van der Waals surface area contributed by atoms with Gasteiger partial charge in [0, 0.05) is 0 Å². The van der Waals surface area contributed by atoms with Crippen LogP contribution in [0.3, 0.4) is 0 Å². The first-order chi connectivity index (χ1) is 23.2. The second-order valence-electron chi connectivity index (χ2n) is 12.2. The molecule has 0 radical (unpaired) electrons. The van der Waals surface area contributed by atoms with Crippen LogP contribution in [-0.4, -0.2) is 0 Å². The molecule has 0 amide bonds. The molecule has 0 saturated carbocycles. The Morgan fingerprint density at radius 3 is 1.36 bits per heavy atom. The van der Waals surface area contributed by atoms with E-state index in [1.54, 1.807) is 22.0 Å². The Hall–Kier alpha value is -4.06. The Balaban J connectivity index is 0.000000210. The summed E-state index contributed by atoms with van der Waals surface area (Å²) in [6.45, 7) is 2.34. The zero-order valence-corrected chi connectivity index (χ0v) is 29.3. The van der Waals surface area contributed by atoms with Crippen molar-refractivity contribution < 1.29 is 19.2 Å². The summed E-state index contributed by atoms with van der Waals surface area (Å²) in [6, 6.07) is 61.8. The number of hydrogen-bond donors (Lipinski definition) is 0. The fourth-order valence-corrected chi connectivity index (χ4v) is 13.0. The molecule has 0 aliphatic heterocycles. The fourth-order valence-electron chi connectivity index (χ4n) is 6.72. The minimum Gasteiger partial charge on any atom is -0.0622 e. The number of aryl methyl sites for hydroxylation is 2. The third kappa shape index (κ3) is 7.42. The molecule has 0 heterocycles. The van der Waals surface area contributed by atoms with Gasteiger partial charge in [0.2, 0.25) is 0 Å². The van der Waals surface area contributed by atoms with Gasteiger partial charge >= 0.3 is 208 Å². The summed E-state index contributed by atoms with van der Waals surface area (Å²) in [5, 5.41) is 4.54. The van der Waals surface area contributed by atoms with Crippen LogP contribution < -0.4 is 10.6 Å². The molecule has 0 N–H and O–H groups in total. The standard InChI is InChI=1S/C21H16P.C14H14.C10H9.Ti/c1-3-11-19(12-4-1)22(20-13-5-2-6-14-20)21-15-17-9-7-8-10-18(17)16-21;1-3-7-13(8-4-1)11-12-14-9-5-2-6-10-14;1-8-6-9-4-2-3-5-10(9)7-8;/h1-16H;1-10H,11-12H2;2-7H,1H3;. The summed E-state index contributed by atoms with van der Waals surface area (Å²) in [5.74, 6) is 0. The molecule has 2 heteroatoms. The normalized spacial score (nSPS) is 16.0. The van der Waals surface area contributed by atoms with E-state index in [1.807, 2.05) is 0 Å². The second kappa shape index (κ2) is 15.2. The first-order valence-corrected chi connectivity index (χ1v) is 19.7. The van der Waals surface area contributed by atoms with Crippen molar-refractivity contribution in [3.05, 3.63) is 214 Å². The quantitative estimate of drug-likeness (QED) is 0.113. The molecule has 0 nitrogen and oxygen atoms in total. The first-order valence-electron chi connectivity index (χ1n) is 16.6. The Kier molecular flexibility index (Phi) is 10.2. The smallest absolute Gasteiger partial charge is 0.0238 e. The van der Waals surface area contributed by atoms with Crippen LogP contribution in [0.4, 0.5) is 0 Å². The summed E-state index contributed by atoms with van der Waals surface area (Å²) in [6.07, 6.45) is 7.22. The van der Waals surface area contributed by atoms with Crippen LogP contribution >= 0.6 is 7.92 Å². The van der Waals surface area contributed by atoms with Crippen LogP contribution in [-0.2, 0) is 32.0 Å². The van der Waals surface area contributed by atoms with E-state index in [9.17, 15) is 0 Å². The number of hydrogen-bond acceptors (Lipinski definition) is 0. The maximum Gasteiger partial charge on any atom is -0.0238 e. The molecule has 2 atom stereocenters. The maximum absolute atomic E-state index is 2.54. The average molecular weight is 659 g/mol. The van der Waals surface area contributed by atoms with E-state index in [-0.39, 0.29) is 19.2 Å². The summed E-state index contributed by atoms with van der Waals surface area (Å²) in [7, 11) is -0.567. The van der Waals surface area contributed by atoms with Gasteiger partial charge in [0.05, 0.1) is 0 Å². The summed E-state index contributed by atoms with van der Waals surface area (Å²) in [5.41, 5.74) is 10.3. The minimum atomic E-state index is -0.567. The molecular formula is C45H39PTi. The van der Waals surface area contributed by atoms with E-state index >= 15 is 0 Å². The van der Waals surface area contributed by atoms with Gasteiger partial charge in [0.25, 0.3) is 0 Å². The first kappa shape index (κ1) is 31.5. The summed E-state index contributed by atoms with van der Waals surface area (Å²) in [4.78, 5) is 0. The molecule has 47 heavy (non-hydrogen) atoms. The molecule has 6 aromatic carbocycles. The van der Waals surface area contributed by atoms with E-state index < -0.39 is 7.92 Å². The van der Waals surface area contributed by atoms with E-state index in [2.05, 4.69) is 189 Å². The Labute approximate surface area is 290 Å². The molecule has 228 valence electrons. The van der Waals surface area contributed by atoms with Gasteiger partial charge in [0.15, 0.2) is 0 Å². The van der Waals surface area contributed by atoms with Gasteiger partial charge in [-0.15, -0.1) is 0 Å². The van der Waals surface area contributed by atoms with Crippen molar-refractivity contribution in [2.24, 2.45) is 0 Å². The maximum atomic E-state index is 2.54. The Morgan fingerprint density at radius 1 is 0.447 bits per heavy atom. The van der Waals surface area contributed by atoms with Gasteiger partial charge in [-0.05, 0) is 24.0 Å². The van der Waals surface area contributed by atoms with E-state index in [0.29, 0.717) is 8.45 Å². The Bertz CT molecular complexity index is 1880. The Morgan fingerprint density at radius 2 is 0.851 bits per heavy atom. The zero-order chi connectivity index (χ0) is 31.8. The molecule has 6 aromatic rings. The van der Waals surface area contributed by atoms with E-state index in [1.165, 1.54) is 32.9 Å². The molecule has 8 rings (SSSR count). The number of allylic oxidation sites excluding steroid dienone is 2. The number of rotatable bonds is 8. The van der Waals surface area contributed by atoms with E-state index in [0.717, 1.165) is 12.8 Å². The predicted octanol–water partition coefficient (Wildman–Crippen LogP) is 10.9. The molecule has 0 saturated heterocycles. The topological polar surface area (TPSA) is 0 Å². The van der Waals surface area contributed by atoms with Gasteiger partial charge in [-0.1, -0.05) is 60.7 Å². The van der Waals surface area contributed by atoms with Crippen molar-refractivity contribution in [3.63, 3.8) is 0 Å². The third-order valence-corrected chi connectivity index (χ3v) is 15.2. The molecular weight excluding hydrogens is 619 g/mol. The molecule has 0 fully saturated rings. The summed E-state index contributed by atoms with van der Waals surface area (Å²) >= 11 is -0.356. The SMILES string of the molecule is CC1=Cc2ccccc2[CH]1[Ti][CH]1C(P(c2ccccc2)c2ccccc2)=Cc2ccccc21.c1ccc(CCc2ccccc2)cc1. The van der Waals surface area contributed by atoms with Crippen molar-refractivity contribution in [1.29, 1.82) is 0 Å². The van der Waals surface area contributed by atoms with Crippen molar-refractivity contribution in [2.45, 2.75) is 28.2 Å². The molecule has 2 unspecified atom stereocenters. The van der Waals surface area contributed by atoms with Crippen LogP contribution in [0, 0.1) is 0 Å². The summed E-state index contributed by atoms with van der Waals surface area (Å²) < 4.78 is 1.15. The second-order valence-corrected chi connectivity index (χ2v) is 16.8. The third-order valence-electron chi connectivity index (χ3n) is 9.06. The molecule has 0 spiro atoms. The van der Waals surface area contributed by atoms with E-state index in [4.69, 9.17) is 0 Å². The van der Waals surface area contributed by atoms with Gasteiger partial charge in [-0.2, -0.15) is 0 Å². The number of benzene rings is 6. The van der Waals surface area contributed by atoms with Crippen molar-refractivity contribution in [2.75, 3.05) is 0 Å². The van der Waals surface area contributed by atoms with Crippen molar-refractivity contribution in [1.82, 2.24) is 0 Å². The average Bonchev–Trinajstić information content (AvgIpc) is 3.66. The fraction of sp³-hybridized carbons (Fsp3) is 0.111. The van der Waals surface area contributed by atoms with Crippen LogP contribution in [0.1, 0.15) is 48.7 Å². The minimum absolute atomic E-state index is 0.356. The van der Waals surface area contributed by atoms with Crippen LogP contribution in [0.2, 0.25) is 0 Å². The molecule has 2 aliphatic carbocycles. The van der Waals surface area contributed by atoms with Gasteiger partial charge in [0.1, 0.15) is 0 Å². The van der Waals surface area contributed by atoms with Crippen molar-refractivity contribution >= 4 is 30.7 Å². The van der Waals surface area contributed by atoms with Gasteiger partial charge < -0.3 is 0 Å². The van der Waals surface area contributed by atoms with Crippen LogP contribution in [0.5, 0.6) is 0 Å². The molecule has 0 aromatic heterocycles. The molecule has 2 aliphatic rings. The van der Waals surface area contributed by atoms with Crippen LogP contribution in [0.25, 0.3) is 12.2 Å².